The predicted molar refractivity (Wildman–Crippen MR) is 58.7 cm³/mol. The van der Waals surface area contributed by atoms with Crippen molar-refractivity contribution < 1.29 is 19.0 Å². The van der Waals surface area contributed by atoms with E-state index in [-0.39, 0.29) is 22.3 Å². The Hall–Kier alpha value is -1.68. The first kappa shape index (κ1) is 10.8. The number of ketones is 1. The van der Waals surface area contributed by atoms with Gasteiger partial charge < -0.3 is 14.2 Å². The maximum absolute atomic E-state index is 11.7. The number of allylic oxidation sites excluding steroid dienone is 1. The van der Waals surface area contributed by atoms with Gasteiger partial charge in [-0.2, -0.15) is 0 Å². The van der Waals surface area contributed by atoms with Gasteiger partial charge in [-0.3, -0.25) is 4.79 Å². The molecule has 0 unspecified atom stereocenters. The minimum Gasteiger partial charge on any atom is -0.496 e. The highest BCUT2D eigenvalue weighted by Crippen LogP contribution is 2.47. The van der Waals surface area contributed by atoms with Crippen LogP contribution in [-0.2, 0) is 0 Å². The quantitative estimate of drug-likeness (QED) is 0.745. The fourth-order valence-corrected chi connectivity index (χ4v) is 1.78. The van der Waals surface area contributed by atoms with Crippen LogP contribution in [0.15, 0.2) is 18.4 Å². The normalized spacial score (nSPS) is 13.4. The standard InChI is InChI=1S/C11H9ClO4/c1-5-10(13)8-6(14-2)4-7(15-3)9(12)11(8)16-5/h4H,1H2,2-3H3. The van der Waals surface area contributed by atoms with Crippen molar-refractivity contribution in [2.45, 2.75) is 0 Å². The molecule has 0 fully saturated rings. The highest BCUT2D eigenvalue weighted by Gasteiger charge is 2.33. The minimum absolute atomic E-state index is 0.0310. The van der Waals surface area contributed by atoms with Gasteiger partial charge in [-0.15, -0.1) is 0 Å². The highest BCUT2D eigenvalue weighted by atomic mass is 35.5. The molecule has 1 heterocycles. The second-order valence-electron chi connectivity index (χ2n) is 3.15. The summed E-state index contributed by atoms with van der Waals surface area (Å²) in [6, 6.07) is 1.54. The van der Waals surface area contributed by atoms with Gasteiger partial charge in [0.2, 0.25) is 5.78 Å². The summed E-state index contributed by atoms with van der Waals surface area (Å²) in [5.41, 5.74) is 0.290. The minimum atomic E-state index is -0.323. The lowest BCUT2D eigenvalue weighted by molar-refractivity contribution is 0.101. The second kappa shape index (κ2) is 3.72. The summed E-state index contributed by atoms with van der Waals surface area (Å²) in [5.74, 6) is 0.701. The Morgan fingerprint density at radius 2 is 1.94 bits per heavy atom. The predicted octanol–water partition coefficient (Wildman–Crippen LogP) is 2.45. The number of rotatable bonds is 2. The molecule has 0 spiro atoms. The number of ether oxygens (including phenoxy) is 3. The molecule has 1 aliphatic rings. The van der Waals surface area contributed by atoms with Gasteiger partial charge in [0.05, 0.1) is 14.2 Å². The summed E-state index contributed by atoms with van der Waals surface area (Å²) in [7, 11) is 2.93. The Kier molecular flexibility index (Phi) is 2.52. The Morgan fingerprint density at radius 3 is 2.50 bits per heavy atom. The number of halogens is 1. The van der Waals surface area contributed by atoms with Crippen LogP contribution in [0, 0.1) is 0 Å². The van der Waals surface area contributed by atoms with Crippen molar-refractivity contribution in [3.05, 3.63) is 29.0 Å². The first-order valence-corrected chi connectivity index (χ1v) is 4.83. The van der Waals surface area contributed by atoms with E-state index in [4.69, 9.17) is 25.8 Å². The van der Waals surface area contributed by atoms with E-state index in [9.17, 15) is 4.79 Å². The van der Waals surface area contributed by atoms with E-state index in [0.717, 1.165) is 0 Å². The molecule has 4 nitrogen and oxygen atoms in total. The Morgan fingerprint density at radius 1 is 1.31 bits per heavy atom. The van der Waals surface area contributed by atoms with Gasteiger partial charge in [0.15, 0.2) is 11.5 Å². The van der Waals surface area contributed by atoms with Gasteiger partial charge in [-0.1, -0.05) is 18.2 Å². The van der Waals surface area contributed by atoms with Gasteiger partial charge >= 0.3 is 0 Å². The summed E-state index contributed by atoms with van der Waals surface area (Å²) < 4.78 is 15.3. The fraction of sp³-hybridized carbons (Fsp3) is 0.182. The molecule has 16 heavy (non-hydrogen) atoms. The van der Waals surface area contributed by atoms with E-state index in [0.29, 0.717) is 17.1 Å². The van der Waals surface area contributed by atoms with E-state index in [1.54, 1.807) is 6.07 Å². The van der Waals surface area contributed by atoms with Gasteiger partial charge in [0.25, 0.3) is 0 Å². The third kappa shape index (κ3) is 1.34. The monoisotopic (exact) mass is 240 g/mol. The van der Waals surface area contributed by atoms with E-state index >= 15 is 0 Å². The number of methoxy groups -OCH3 is 2. The molecular formula is C11H9ClO4. The van der Waals surface area contributed by atoms with Crippen molar-refractivity contribution in [2.75, 3.05) is 14.2 Å². The fourth-order valence-electron chi connectivity index (χ4n) is 1.52. The van der Waals surface area contributed by atoms with Gasteiger partial charge in [-0.25, -0.2) is 0 Å². The summed E-state index contributed by atoms with van der Waals surface area (Å²) in [5, 5.41) is 0.241. The average Bonchev–Trinajstić information content (AvgIpc) is 2.58. The summed E-state index contributed by atoms with van der Waals surface area (Å²) >= 11 is 6.01. The molecule has 0 aromatic heterocycles. The molecule has 0 N–H and O–H groups in total. The van der Waals surface area contributed by atoms with Crippen molar-refractivity contribution >= 4 is 17.4 Å². The lowest BCUT2D eigenvalue weighted by Crippen LogP contribution is -1.98. The molecule has 84 valence electrons. The third-order valence-electron chi connectivity index (χ3n) is 2.30. The molecule has 0 saturated carbocycles. The first-order chi connectivity index (χ1) is 7.60. The Labute approximate surface area is 97.4 Å². The Bertz CT molecular complexity index is 493. The molecule has 0 bridgehead atoms. The summed E-state index contributed by atoms with van der Waals surface area (Å²) in [6.45, 7) is 3.50. The summed E-state index contributed by atoms with van der Waals surface area (Å²) in [6.07, 6.45) is 0. The van der Waals surface area contributed by atoms with Gasteiger partial charge in [-0.05, 0) is 0 Å². The van der Waals surface area contributed by atoms with Crippen LogP contribution in [0.2, 0.25) is 5.02 Å². The number of hydrogen-bond donors (Lipinski definition) is 0. The number of benzene rings is 1. The molecule has 2 rings (SSSR count). The van der Waals surface area contributed by atoms with Crippen LogP contribution >= 0.6 is 11.6 Å². The first-order valence-electron chi connectivity index (χ1n) is 4.46. The molecular weight excluding hydrogens is 232 g/mol. The molecule has 1 aromatic rings. The lowest BCUT2D eigenvalue weighted by atomic mass is 10.1. The molecule has 0 radical (unpaired) electrons. The largest absolute Gasteiger partial charge is 0.496 e. The number of carbonyl (C=O) groups excluding carboxylic acids is 1. The molecule has 1 aliphatic heterocycles. The number of Topliss-reactive ketones (excluding diaryl/α,β-unsaturated/α-hetero) is 1. The molecule has 0 saturated heterocycles. The number of fused-ring (bicyclic) bond motifs is 1. The lowest BCUT2D eigenvalue weighted by Gasteiger charge is -2.10. The van der Waals surface area contributed by atoms with Crippen LogP contribution in [0.3, 0.4) is 0 Å². The van der Waals surface area contributed by atoms with Crippen LogP contribution in [-0.4, -0.2) is 20.0 Å². The third-order valence-corrected chi connectivity index (χ3v) is 2.65. The molecule has 0 aliphatic carbocycles. The van der Waals surface area contributed by atoms with Gasteiger partial charge in [0, 0.05) is 6.07 Å². The van der Waals surface area contributed by atoms with Crippen molar-refractivity contribution in [2.24, 2.45) is 0 Å². The van der Waals surface area contributed by atoms with Gasteiger partial charge in [0.1, 0.15) is 22.1 Å². The van der Waals surface area contributed by atoms with Crippen molar-refractivity contribution in [1.29, 1.82) is 0 Å². The number of hydrogen-bond acceptors (Lipinski definition) is 4. The zero-order chi connectivity index (χ0) is 11.9. The zero-order valence-corrected chi connectivity index (χ0v) is 9.55. The topological polar surface area (TPSA) is 44.8 Å². The summed E-state index contributed by atoms with van der Waals surface area (Å²) in [4.78, 5) is 11.7. The van der Waals surface area contributed by atoms with E-state index in [1.165, 1.54) is 14.2 Å². The van der Waals surface area contributed by atoms with Crippen LogP contribution < -0.4 is 14.2 Å². The smallest absolute Gasteiger partial charge is 0.235 e. The second-order valence-corrected chi connectivity index (χ2v) is 3.53. The van der Waals surface area contributed by atoms with Crippen LogP contribution in [0.1, 0.15) is 10.4 Å². The average molecular weight is 241 g/mol. The van der Waals surface area contributed by atoms with Crippen LogP contribution in [0.25, 0.3) is 0 Å². The van der Waals surface area contributed by atoms with Crippen molar-refractivity contribution in [3.63, 3.8) is 0 Å². The molecule has 0 atom stereocenters. The molecule has 5 heteroatoms. The van der Waals surface area contributed by atoms with Crippen molar-refractivity contribution in [1.82, 2.24) is 0 Å². The SMILES string of the molecule is C=C1Oc2c(Cl)c(OC)cc(OC)c2C1=O. The maximum Gasteiger partial charge on any atom is 0.235 e. The highest BCUT2D eigenvalue weighted by molar-refractivity contribution is 6.35. The number of carbonyl (C=O) groups is 1. The molecule has 1 aromatic carbocycles. The molecule has 0 amide bonds. The van der Waals surface area contributed by atoms with E-state index < -0.39 is 0 Å². The van der Waals surface area contributed by atoms with Crippen molar-refractivity contribution in [3.8, 4) is 17.2 Å². The van der Waals surface area contributed by atoms with Crippen LogP contribution in [0.5, 0.6) is 17.2 Å². The zero-order valence-electron chi connectivity index (χ0n) is 8.80. The van der Waals surface area contributed by atoms with E-state index in [2.05, 4.69) is 6.58 Å². The van der Waals surface area contributed by atoms with E-state index in [1.807, 2.05) is 0 Å². The Balaban J connectivity index is 2.73. The van der Waals surface area contributed by atoms with Crippen LogP contribution in [0.4, 0.5) is 0 Å². The maximum atomic E-state index is 11.7.